The predicted octanol–water partition coefficient (Wildman–Crippen LogP) is 3.00. The third-order valence-corrected chi connectivity index (χ3v) is 2.39. The van der Waals surface area contributed by atoms with Gasteiger partial charge in [-0.3, -0.25) is 0 Å². The molecule has 0 aliphatic carbocycles. The summed E-state index contributed by atoms with van der Waals surface area (Å²) in [5, 5.41) is 0. The molecule has 1 aromatic carbocycles. The summed E-state index contributed by atoms with van der Waals surface area (Å²) in [5.41, 5.74) is 7.69. The van der Waals surface area contributed by atoms with Crippen molar-refractivity contribution in [2.45, 2.75) is 27.2 Å². The van der Waals surface area contributed by atoms with E-state index in [0.29, 0.717) is 5.92 Å². The first kappa shape index (κ1) is 10.9. The number of ether oxygens (including phenoxy) is 1. The molecule has 2 nitrogen and oxygen atoms in total. The van der Waals surface area contributed by atoms with Gasteiger partial charge in [0.2, 0.25) is 0 Å². The molecule has 0 aromatic heterocycles. The summed E-state index contributed by atoms with van der Waals surface area (Å²) in [6.45, 7) is 7.11. The standard InChI is InChI=1S/C12H19NO/c1-4-9(2)8-14-12-7-10(3)5-6-11(12)13/h5-7,9H,4,8,13H2,1-3H3. The van der Waals surface area contributed by atoms with Gasteiger partial charge in [0.15, 0.2) is 0 Å². The van der Waals surface area contributed by atoms with Crippen molar-refractivity contribution >= 4 is 5.69 Å². The monoisotopic (exact) mass is 193 g/mol. The Labute approximate surface area is 86.1 Å². The van der Waals surface area contributed by atoms with Crippen molar-refractivity contribution in [3.8, 4) is 5.75 Å². The van der Waals surface area contributed by atoms with Crippen LogP contribution in [0, 0.1) is 12.8 Å². The quantitative estimate of drug-likeness (QED) is 0.746. The second-order valence-electron chi connectivity index (χ2n) is 3.87. The summed E-state index contributed by atoms with van der Waals surface area (Å²) < 4.78 is 5.65. The fraction of sp³-hybridized carbons (Fsp3) is 0.500. The third kappa shape index (κ3) is 2.95. The zero-order valence-corrected chi connectivity index (χ0v) is 9.21. The highest BCUT2D eigenvalue weighted by molar-refractivity contribution is 5.53. The average Bonchev–Trinajstić information content (AvgIpc) is 2.19. The molecule has 1 rings (SSSR count). The van der Waals surface area contributed by atoms with Crippen molar-refractivity contribution < 1.29 is 4.74 Å². The Bertz CT molecular complexity index is 296. The zero-order chi connectivity index (χ0) is 10.6. The van der Waals surface area contributed by atoms with Gasteiger partial charge >= 0.3 is 0 Å². The minimum absolute atomic E-state index is 0.579. The molecule has 2 N–H and O–H groups in total. The first-order valence-corrected chi connectivity index (χ1v) is 5.12. The summed E-state index contributed by atoms with van der Waals surface area (Å²) >= 11 is 0. The lowest BCUT2D eigenvalue weighted by molar-refractivity contribution is 0.258. The van der Waals surface area contributed by atoms with Crippen molar-refractivity contribution in [1.29, 1.82) is 0 Å². The van der Waals surface area contributed by atoms with Gasteiger partial charge in [-0.25, -0.2) is 0 Å². The number of rotatable bonds is 4. The van der Waals surface area contributed by atoms with Gasteiger partial charge in [-0.05, 0) is 30.5 Å². The largest absolute Gasteiger partial charge is 0.491 e. The molecular weight excluding hydrogens is 174 g/mol. The lowest BCUT2D eigenvalue weighted by Gasteiger charge is -2.13. The van der Waals surface area contributed by atoms with E-state index >= 15 is 0 Å². The molecule has 0 saturated carbocycles. The van der Waals surface area contributed by atoms with Gasteiger partial charge in [-0.2, -0.15) is 0 Å². The molecule has 0 spiro atoms. The lowest BCUT2D eigenvalue weighted by atomic mass is 10.1. The molecule has 0 heterocycles. The minimum atomic E-state index is 0.579. The Morgan fingerprint density at radius 2 is 2.14 bits per heavy atom. The van der Waals surface area contributed by atoms with Crippen molar-refractivity contribution in [2.75, 3.05) is 12.3 Å². The highest BCUT2D eigenvalue weighted by Gasteiger charge is 2.03. The SMILES string of the molecule is CCC(C)COc1cc(C)ccc1N. The second kappa shape index (κ2) is 4.89. The van der Waals surface area contributed by atoms with Crippen LogP contribution in [0.25, 0.3) is 0 Å². The van der Waals surface area contributed by atoms with Crippen LogP contribution in [0.1, 0.15) is 25.8 Å². The van der Waals surface area contributed by atoms with E-state index in [1.165, 1.54) is 5.56 Å². The Balaban J connectivity index is 2.62. The van der Waals surface area contributed by atoms with E-state index in [1.54, 1.807) is 0 Å². The molecule has 2 heteroatoms. The molecule has 0 fully saturated rings. The molecule has 1 atom stereocenters. The van der Waals surface area contributed by atoms with Crippen LogP contribution in [-0.2, 0) is 0 Å². The van der Waals surface area contributed by atoms with Crippen molar-refractivity contribution in [3.05, 3.63) is 23.8 Å². The van der Waals surface area contributed by atoms with Crippen LogP contribution in [0.3, 0.4) is 0 Å². The van der Waals surface area contributed by atoms with E-state index in [-0.39, 0.29) is 0 Å². The maximum atomic E-state index is 5.79. The molecule has 0 radical (unpaired) electrons. The first-order valence-electron chi connectivity index (χ1n) is 5.12. The Kier molecular flexibility index (Phi) is 3.81. The first-order chi connectivity index (χ1) is 6.63. The van der Waals surface area contributed by atoms with Crippen LogP contribution in [0.4, 0.5) is 5.69 Å². The van der Waals surface area contributed by atoms with Gasteiger partial charge in [0.05, 0.1) is 12.3 Å². The summed E-state index contributed by atoms with van der Waals surface area (Å²) in [6, 6.07) is 5.87. The van der Waals surface area contributed by atoms with Gasteiger partial charge in [0.25, 0.3) is 0 Å². The van der Waals surface area contributed by atoms with E-state index in [4.69, 9.17) is 10.5 Å². The van der Waals surface area contributed by atoms with Crippen LogP contribution in [0.2, 0.25) is 0 Å². The maximum Gasteiger partial charge on any atom is 0.142 e. The highest BCUT2D eigenvalue weighted by Crippen LogP contribution is 2.23. The summed E-state index contributed by atoms with van der Waals surface area (Å²) in [4.78, 5) is 0. The molecule has 0 aliphatic rings. The molecule has 0 bridgehead atoms. The molecule has 0 saturated heterocycles. The summed E-state index contributed by atoms with van der Waals surface area (Å²) in [7, 11) is 0. The third-order valence-electron chi connectivity index (χ3n) is 2.39. The fourth-order valence-electron chi connectivity index (χ4n) is 1.12. The van der Waals surface area contributed by atoms with Gasteiger partial charge in [0, 0.05) is 0 Å². The molecule has 0 aliphatic heterocycles. The maximum absolute atomic E-state index is 5.79. The smallest absolute Gasteiger partial charge is 0.142 e. The topological polar surface area (TPSA) is 35.2 Å². The van der Waals surface area contributed by atoms with E-state index in [9.17, 15) is 0 Å². The van der Waals surface area contributed by atoms with Crippen molar-refractivity contribution in [1.82, 2.24) is 0 Å². The van der Waals surface area contributed by atoms with E-state index < -0.39 is 0 Å². The number of anilines is 1. The molecule has 78 valence electrons. The number of hydrogen-bond acceptors (Lipinski definition) is 2. The fourth-order valence-corrected chi connectivity index (χ4v) is 1.12. The van der Waals surface area contributed by atoms with E-state index in [1.807, 2.05) is 25.1 Å². The molecule has 0 amide bonds. The Hall–Kier alpha value is -1.18. The summed E-state index contributed by atoms with van der Waals surface area (Å²) in [5.74, 6) is 1.39. The van der Waals surface area contributed by atoms with Crippen LogP contribution in [0.15, 0.2) is 18.2 Å². The zero-order valence-electron chi connectivity index (χ0n) is 9.21. The molecule has 14 heavy (non-hydrogen) atoms. The van der Waals surface area contributed by atoms with Crippen LogP contribution in [0.5, 0.6) is 5.75 Å². The van der Waals surface area contributed by atoms with Crippen LogP contribution < -0.4 is 10.5 Å². The lowest BCUT2D eigenvalue weighted by Crippen LogP contribution is -2.08. The van der Waals surface area contributed by atoms with E-state index in [2.05, 4.69) is 13.8 Å². The van der Waals surface area contributed by atoms with Gasteiger partial charge < -0.3 is 10.5 Å². The second-order valence-corrected chi connectivity index (χ2v) is 3.87. The average molecular weight is 193 g/mol. The Morgan fingerprint density at radius 3 is 2.79 bits per heavy atom. The Morgan fingerprint density at radius 1 is 1.43 bits per heavy atom. The van der Waals surface area contributed by atoms with Crippen LogP contribution in [-0.4, -0.2) is 6.61 Å². The normalized spacial score (nSPS) is 12.5. The predicted molar refractivity (Wildman–Crippen MR) is 60.5 cm³/mol. The van der Waals surface area contributed by atoms with Gasteiger partial charge in [-0.15, -0.1) is 0 Å². The van der Waals surface area contributed by atoms with Crippen molar-refractivity contribution in [3.63, 3.8) is 0 Å². The van der Waals surface area contributed by atoms with E-state index in [0.717, 1.165) is 24.5 Å². The summed E-state index contributed by atoms with van der Waals surface area (Å²) in [6.07, 6.45) is 1.13. The van der Waals surface area contributed by atoms with Crippen molar-refractivity contribution in [2.24, 2.45) is 5.92 Å². The number of nitrogen functional groups attached to an aromatic ring is 1. The highest BCUT2D eigenvalue weighted by atomic mass is 16.5. The van der Waals surface area contributed by atoms with Gasteiger partial charge in [-0.1, -0.05) is 26.3 Å². The molecule has 1 aromatic rings. The number of hydrogen-bond donors (Lipinski definition) is 1. The number of benzene rings is 1. The van der Waals surface area contributed by atoms with Crippen LogP contribution >= 0.6 is 0 Å². The van der Waals surface area contributed by atoms with Gasteiger partial charge in [0.1, 0.15) is 5.75 Å². The minimum Gasteiger partial charge on any atom is -0.491 e. The molecule has 1 unspecified atom stereocenters. The number of aryl methyl sites for hydroxylation is 1. The number of nitrogens with two attached hydrogens (primary N) is 1. The molecular formula is C12H19NO.